The summed E-state index contributed by atoms with van der Waals surface area (Å²) in [5, 5.41) is 0. The van der Waals surface area contributed by atoms with Crippen LogP contribution >= 0.6 is 0 Å². The number of rotatable bonds is 5. The number of carbonyl (C=O) groups excluding carboxylic acids is 3. The van der Waals surface area contributed by atoms with Crippen molar-refractivity contribution < 1.29 is 14.4 Å². The summed E-state index contributed by atoms with van der Waals surface area (Å²) in [6, 6.07) is 0. The number of ketones is 2. The molecule has 0 heterocycles. The van der Waals surface area contributed by atoms with Gasteiger partial charge in [-0.25, -0.2) is 0 Å². The van der Waals surface area contributed by atoms with Gasteiger partial charge in [0.2, 0.25) is 0 Å². The van der Waals surface area contributed by atoms with Gasteiger partial charge in [-0.05, 0) is 118 Å². The lowest BCUT2D eigenvalue weighted by molar-refractivity contribution is -0.187. The average molecular weight is 425 g/mol. The summed E-state index contributed by atoms with van der Waals surface area (Å²) >= 11 is 0. The van der Waals surface area contributed by atoms with Crippen LogP contribution in [0.2, 0.25) is 0 Å². The molecule has 0 aromatic heterocycles. The molecule has 8 saturated carbocycles. The van der Waals surface area contributed by atoms with Crippen LogP contribution in [-0.4, -0.2) is 17.9 Å². The molecule has 8 fully saturated rings. The summed E-state index contributed by atoms with van der Waals surface area (Å²) in [5.74, 6) is 3.79. The third-order valence-corrected chi connectivity index (χ3v) is 11.0. The molecule has 1 unspecified atom stereocenters. The third kappa shape index (κ3) is 2.67. The molecule has 0 saturated heterocycles. The standard InChI is InChI=1S/C28H40O3/c1-25(2,3)23(30)28(16-29,27-13-20-7-21(14-27)9-22(8-20)15-27)24(31)26-10-17-4-18(11-26)6-19(5-17)12-26/h16-22H,4-15H2,1-3H3. The highest BCUT2D eigenvalue weighted by Gasteiger charge is 2.71. The van der Waals surface area contributed by atoms with Gasteiger partial charge < -0.3 is 4.79 Å². The summed E-state index contributed by atoms with van der Waals surface area (Å²) < 4.78 is 0. The highest BCUT2D eigenvalue weighted by molar-refractivity contribution is 6.22. The number of aldehydes is 1. The Morgan fingerprint density at radius 2 is 1.03 bits per heavy atom. The Kier molecular flexibility index (Phi) is 4.20. The molecule has 8 bridgehead atoms. The van der Waals surface area contributed by atoms with Gasteiger partial charge in [-0.3, -0.25) is 9.59 Å². The fourth-order valence-electron chi connectivity index (χ4n) is 10.8. The first-order chi connectivity index (χ1) is 14.6. The van der Waals surface area contributed by atoms with Crippen LogP contribution in [-0.2, 0) is 14.4 Å². The van der Waals surface area contributed by atoms with Crippen molar-refractivity contribution >= 4 is 17.9 Å². The molecule has 0 radical (unpaired) electrons. The maximum Gasteiger partial charge on any atom is 0.160 e. The third-order valence-electron chi connectivity index (χ3n) is 11.0. The lowest BCUT2D eigenvalue weighted by atomic mass is 9.37. The second-order valence-electron chi connectivity index (χ2n) is 14.2. The Morgan fingerprint density at radius 3 is 1.35 bits per heavy atom. The minimum absolute atomic E-state index is 0.0577. The molecule has 0 amide bonds. The summed E-state index contributed by atoms with van der Waals surface area (Å²) in [7, 11) is 0. The van der Waals surface area contributed by atoms with E-state index < -0.39 is 21.7 Å². The van der Waals surface area contributed by atoms with Crippen LogP contribution in [0, 0.1) is 57.2 Å². The van der Waals surface area contributed by atoms with Gasteiger partial charge in [0.05, 0.1) is 0 Å². The van der Waals surface area contributed by atoms with Crippen molar-refractivity contribution in [3.8, 4) is 0 Å². The number of carbonyl (C=O) groups is 3. The van der Waals surface area contributed by atoms with Gasteiger partial charge in [0.25, 0.3) is 0 Å². The Bertz CT molecular complexity index is 759. The minimum atomic E-state index is -1.41. The van der Waals surface area contributed by atoms with Gasteiger partial charge in [0.15, 0.2) is 11.6 Å². The molecule has 8 rings (SSSR count). The van der Waals surface area contributed by atoms with E-state index in [4.69, 9.17) is 0 Å². The number of hydrogen-bond donors (Lipinski definition) is 0. The predicted molar refractivity (Wildman–Crippen MR) is 119 cm³/mol. The monoisotopic (exact) mass is 424 g/mol. The maximum absolute atomic E-state index is 14.9. The molecule has 3 nitrogen and oxygen atoms in total. The van der Waals surface area contributed by atoms with E-state index in [0.29, 0.717) is 35.5 Å². The number of Topliss-reactive ketones (excluding diaryl/α,β-unsaturated/α-hetero) is 2. The van der Waals surface area contributed by atoms with E-state index in [2.05, 4.69) is 0 Å². The SMILES string of the molecule is CC(C)(C)C(=O)C(C=O)(C(=O)C12CC3CC(CC(C3)C1)C2)C12CC3CC(CC(C3)C1)C2. The zero-order valence-corrected chi connectivity index (χ0v) is 19.8. The van der Waals surface area contributed by atoms with Gasteiger partial charge in [0.1, 0.15) is 11.7 Å². The van der Waals surface area contributed by atoms with Crippen molar-refractivity contribution in [3.05, 3.63) is 0 Å². The normalized spacial score (nSPS) is 49.1. The van der Waals surface area contributed by atoms with Crippen LogP contribution in [0.3, 0.4) is 0 Å². The first-order valence-corrected chi connectivity index (χ1v) is 13.2. The molecule has 8 aliphatic rings. The molecule has 0 aliphatic heterocycles. The molecule has 0 N–H and O–H groups in total. The molecular weight excluding hydrogens is 384 g/mol. The van der Waals surface area contributed by atoms with Gasteiger partial charge in [-0.15, -0.1) is 0 Å². The van der Waals surface area contributed by atoms with Crippen molar-refractivity contribution in [2.24, 2.45) is 57.2 Å². The fourth-order valence-corrected chi connectivity index (χ4v) is 10.8. The van der Waals surface area contributed by atoms with Crippen LogP contribution in [0.4, 0.5) is 0 Å². The molecule has 31 heavy (non-hydrogen) atoms. The molecule has 1 atom stereocenters. The van der Waals surface area contributed by atoms with Crippen molar-refractivity contribution in [2.75, 3.05) is 0 Å². The highest BCUT2D eigenvalue weighted by Crippen LogP contribution is 2.70. The topological polar surface area (TPSA) is 51.2 Å². The summed E-state index contributed by atoms with van der Waals surface area (Å²) in [6.45, 7) is 5.79. The summed E-state index contributed by atoms with van der Waals surface area (Å²) in [6.07, 6.45) is 14.1. The van der Waals surface area contributed by atoms with Gasteiger partial charge in [-0.2, -0.15) is 0 Å². The largest absolute Gasteiger partial charge is 0.302 e. The van der Waals surface area contributed by atoms with Crippen molar-refractivity contribution in [3.63, 3.8) is 0 Å². The van der Waals surface area contributed by atoms with Crippen LogP contribution in [0.5, 0.6) is 0 Å². The minimum Gasteiger partial charge on any atom is -0.302 e. The quantitative estimate of drug-likeness (QED) is 0.415. The zero-order chi connectivity index (χ0) is 21.8. The van der Waals surface area contributed by atoms with E-state index in [1.807, 2.05) is 20.8 Å². The lowest BCUT2D eigenvalue weighted by Gasteiger charge is -2.64. The van der Waals surface area contributed by atoms with Crippen LogP contribution in [0.1, 0.15) is 97.8 Å². The number of hydrogen-bond acceptors (Lipinski definition) is 3. The smallest absolute Gasteiger partial charge is 0.160 e. The summed E-state index contributed by atoms with van der Waals surface area (Å²) in [4.78, 5) is 42.5. The molecular formula is C28H40O3. The Labute approximate surface area is 187 Å². The van der Waals surface area contributed by atoms with Crippen molar-refractivity contribution in [2.45, 2.75) is 97.8 Å². The van der Waals surface area contributed by atoms with E-state index in [-0.39, 0.29) is 11.6 Å². The fraction of sp³-hybridized carbons (Fsp3) is 0.893. The average Bonchev–Trinajstić information content (AvgIpc) is 2.65. The highest BCUT2D eigenvalue weighted by atomic mass is 16.2. The Balaban J connectivity index is 1.50. The predicted octanol–water partition coefficient (Wildman–Crippen LogP) is 5.79. The molecule has 0 spiro atoms. The second kappa shape index (κ2) is 6.32. The lowest BCUT2D eigenvalue weighted by Crippen LogP contribution is -2.67. The second-order valence-corrected chi connectivity index (χ2v) is 14.2. The molecule has 8 aliphatic carbocycles. The van der Waals surface area contributed by atoms with E-state index in [0.717, 1.165) is 44.8 Å². The first-order valence-electron chi connectivity index (χ1n) is 13.2. The zero-order valence-electron chi connectivity index (χ0n) is 19.8. The Hall–Kier alpha value is -0.990. The van der Waals surface area contributed by atoms with Gasteiger partial charge in [-0.1, -0.05) is 20.8 Å². The van der Waals surface area contributed by atoms with Gasteiger partial charge >= 0.3 is 0 Å². The van der Waals surface area contributed by atoms with Crippen LogP contribution in [0.25, 0.3) is 0 Å². The van der Waals surface area contributed by atoms with E-state index in [9.17, 15) is 14.4 Å². The molecule has 0 aromatic carbocycles. The van der Waals surface area contributed by atoms with E-state index >= 15 is 0 Å². The Morgan fingerprint density at radius 1 is 0.677 bits per heavy atom. The van der Waals surface area contributed by atoms with Crippen LogP contribution < -0.4 is 0 Å². The van der Waals surface area contributed by atoms with Crippen LogP contribution in [0.15, 0.2) is 0 Å². The van der Waals surface area contributed by atoms with E-state index in [1.165, 1.54) is 38.5 Å². The van der Waals surface area contributed by atoms with Crippen molar-refractivity contribution in [1.82, 2.24) is 0 Å². The molecule has 170 valence electrons. The van der Waals surface area contributed by atoms with E-state index in [1.54, 1.807) is 0 Å². The van der Waals surface area contributed by atoms with Crippen molar-refractivity contribution in [1.29, 1.82) is 0 Å². The maximum atomic E-state index is 14.9. The molecule has 0 aromatic rings. The van der Waals surface area contributed by atoms with Gasteiger partial charge in [0, 0.05) is 10.8 Å². The first kappa shape index (κ1) is 20.6. The molecule has 3 heteroatoms. The summed E-state index contributed by atoms with van der Waals surface area (Å²) in [5.41, 5.74) is -2.90.